The first-order chi connectivity index (χ1) is 9.58. The van der Waals surface area contributed by atoms with E-state index in [1.54, 1.807) is 31.2 Å². The van der Waals surface area contributed by atoms with Crippen molar-refractivity contribution in [2.75, 3.05) is 0 Å². The van der Waals surface area contributed by atoms with Crippen LogP contribution < -0.4 is 5.43 Å². The second kappa shape index (κ2) is 5.73. The molecule has 5 nitrogen and oxygen atoms in total. The van der Waals surface area contributed by atoms with Gasteiger partial charge >= 0.3 is 0 Å². The Balaban J connectivity index is 2.48. The summed E-state index contributed by atoms with van der Waals surface area (Å²) >= 11 is 5.85. The molecule has 0 aromatic heterocycles. The van der Waals surface area contributed by atoms with Crippen molar-refractivity contribution in [3.8, 4) is 12.1 Å². The molecule has 1 aliphatic heterocycles. The van der Waals surface area contributed by atoms with E-state index in [1.807, 2.05) is 12.1 Å². The van der Waals surface area contributed by atoms with Crippen LogP contribution in [0.2, 0.25) is 5.02 Å². The molecule has 0 bridgehead atoms. The van der Waals surface area contributed by atoms with Gasteiger partial charge in [0.2, 0.25) is 5.91 Å². The van der Waals surface area contributed by atoms with Crippen molar-refractivity contribution >= 4 is 23.2 Å². The second-order valence-corrected chi connectivity index (χ2v) is 4.96. The zero-order chi connectivity index (χ0) is 14.7. The predicted molar refractivity (Wildman–Crippen MR) is 73.7 cm³/mol. The van der Waals surface area contributed by atoms with Crippen LogP contribution in [0.3, 0.4) is 0 Å². The van der Waals surface area contributed by atoms with Gasteiger partial charge in [-0.3, -0.25) is 4.79 Å². The van der Waals surface area contributed by atoms with E-state index in [4.69, 9.17) is 11.6 Å². The van der Waals surface area contributed by atoms with Crippen LogP contribution in [0.1, 0.15) is 18.4 Å². The average molecular weight is 287 g/mol. The van der Waals surface area contributed by atoms with E-state index in [0.29, 0.717) is 10.7 Å². The second-order valence-electron chi connectivity index (χ2n) is 4.52. The monoisotopic (exact) mass is 286 g/mol. The molecule has 0 saturated heterocycles. The van der Waals surface area contributed by atoms with Gasteiger partial charge in [-0.25, -0.2) is 5.43 Å². The van der Waals surface area contributed by atoms with Crippen molar-refractivity contribution in [2.45, 2.75) is 12.8 Å². The van der Waals surface area contributed by atoms with Gasteiger partial charge in [-0.15, -0.1) is 0 Å². The molecule has 6 heteroatoms. The first kappa shape index (κ1) is 14.0. The molecule has 0 spiro atoms. The summed E-state index contributed by atoms with van der Waals surface area (Å²) in [4.78, 5) is 11.9. The Morgan fingerprint density at radius 1 is 1.30 bits per heavy atom. The molecule has 1 N–H and O–H groups in total. The van der Waals surface area contributed by atoms with E-state index >= 15 is 0 Å². The number of carbonyl (C=O) groups is 1. The van der Waals surface area contributed by atoms with Gasteiger partial charge in [-0.1, -0.05) is 23.7 Å². The fourth-order valence-electron chi connectivity index (χ4n) is 2.35. The number of carbonyl (C=O) groups excluding carboxylic acids is 1. The zero-order valence-electron chi connectivity index (χ0n) is 10.7. The number of amides is 1. The lowest BCUT2D eigenvalue weighted by molar-refractivity contribution is -0.122. The van der Waals surface area contributed by atoms with Crippen LogP contribution in [0.5, 0.6) is 0 Å². The minimum Gasteiger partial charge on any atom is -0.272 e. The highest BCUT2D eigenvalue weighted by molar-refractivity contribution is 6.30. The van der Waals surface area contributed by atoms with Gasteiger partial charge < -0.3 is 0 Å². The van der Waals surface area contributed by atoms with E-state index in [2.05, 4.69) is 10.5 Å². The lowest BCUT2D eigenvalue weighted by atomic mass is 9.76. The molecule has 0 unspecified atom stereocenters. The van der Waals surface area contributed by atoms with E-state index in [9.17, 15) is 15.3 Å². The maximum absolute atomic E-state index is 11.9. The number of hydrogen-bond acceptors (Lipinski definition) is 4. The van der Waals surface area contributed by atoms with Gasteiger partial charge in [0.1, 0.15) is 5.92 Å². The summed E-state index contributed by atoms with van der Waals surface area (Å²) in [5, 5.41) is 22.8. The van der Waals surface area contributed by atoms with E-state index in [0.717, 1.165) is 5.56 Å². The van der Waals surface area contributed by atoms with Crippen LogP contribution >= 0.6 is 11.6 Å². The number of hydrogen-bond donors (Lipinski definition) is 1. The van der Waals surface area contributed by atoms with Gasteiger partial charge in [0.25, 0.3) is 0 Å². The van der Waals surface area contributed by atoms with Crippen molar-refractivity contribution in [1.82, 2.24) is 5.43 Å². The SMILES string of the molecule is CC1=NNC(=O)[C@H]1[C@H](c1ccc(Cl)cc1)C(C#N)C#N. The maximum atomic E-state index is 11.9. The van der Waals surface area contributed by atoms with E-state index in [-0.39, 0.29) is 5.91 Å². The summed E-state index contributed by atoms with van der Waals surface area (Å²) in [6.07, 6.45) is 0. The average Bonchev–Trinajstić information content (AvgIpc) is 2.77. The Kier molecular flexibility index (Phi) is 4.02. The molecule has 1 aliphatic rings. The van der Waals surface area contributed by atoms with E-state index < -0.39 is 17.8 Å². The quantitative estimate of drug-likeness (QED) is 0.924. The van der Waals surface area contributed by atoms with Crippen molar-refractivity contribution < 1.29 is 4.79 Å². The van der Waals surface area contributed by atoms with Gasteiger partial charge in [0, 0.05) is 16.7 Å². The molecular weight excluding hydrogens is 276 g/mol. The van der Waals surface area contributed by atoms with Crippen LogP contribution in [0.15, 0.2) is 29.4 Å². The summed E-state index contributed by atoms with van der Waals surface area (Å²) < 4.78 is 0. The Morgan fingerprint density at radius 2 is 1.90 bits per heavy atom. The number of hydrazone groups is 1. The molecule has 0 aliphatic carbocycles. The van der Waals surface area contributed by atoms with Gasteiger partial charge in [-0.2, -0.15) is 15.6 Å². The molecule has 1 heterocycles. The highest BCUT2D eigenvalue weighted by Gasteiger charge is 2.40. The largest absolute Gasteiger partial charge is 0.272 e. The normalized spacial score (nSPS) is 18.9. The first-order valence-corrected chi connectivity index (χ1v) is 6.35. The molecule has 1 aromatic rings. The van der Waals surface area contributed by atoms with Crippen molar-refractivity contribution in [2.24, 2.45) is 16.9 Å². The topological polar surface area (TPSA) is 89.0 Å². The molecule has 0 fully saturated rings. The summed E-state index contributed by atoms with van der Waals surface area (Å²) in [6.45, 7) is 1.71. The summed E-state index contributed by atoms with van der Waals surface area (Å²) in [5.41, 5.74) is 3.68. The lowest BCUT2D eigenvalue weighted by Crippen LogP contribution is -2.32. The van der Waals surface area contributed by atoms with Crippen LogP contribution in [0.4, 0.5) is 0 Å². The molecule has 0 saturated carbocycles. The van der Waals surface area contributed by atoms with Gasteiger partial charge in [0.15, 0.2) is 0 Å². The highest BCUT2D eigenvalue weighted by atomic mass is 35.5. The van der Waals surface area contributed by atoms with Crippen LogP contribution in [0.25, 0.3) is 0 Å². The fourth-order valence-corrected chi connectivity index (χ4v) is 2.47. The first-order valence-electron chi connectivity index (χ1n) is 5.97. The number of benzene rings is 1. The van der Waals surface area contributed by atoms with Crippen molar-refractivity contribution in [1.29, 1.82) is 10.5 Å². The van der Waals surface area contributed by atoms with Gasteiger partial charge in [-0.05, 0) is 24.6 Å². The molecule has 100 valence electrons. The maximum Gasteiger partial charge on any atom is 0.249 e. The number of nitrogens with one attached hydrogen (secondary N) is 1. The Hall–Kier alpha value is -2.37. The van der Waals surface area contributed by atoms with Gasteiger partial charge in [0.05, 0.1) is 18.1 Å². The molecule has 1 aromatic carbocycles. The minimum atomic E-state index is -0.935. The molecule has 2 atom stereocenters. The lowest BCUT2D eigenvalue weighted by Gasteiger charge is -2.23. The van der Waals surface area contributed by atoms with Crippen molar-refractivity contribution in [3.63, 3.8) is 0 Å². The standard InChI is InChI=1S/C14H11ClN4O/c1-8-12(14(20)19-18-8)13(10(6-16)7-17)9-2-4-11(15)5-3-9/h2-5,10,12-13H,1H3,(H,19,20)/t12-,13-/m1/s1. The highest BCUT2D eigenvalue weighted by Crippen LogP contribution is 2.35. The summed E-state index contributed by atoms with van der Waals surface area (Å²) in [5.74, 6) is -2.40. The fraction of sp³-hybridized carbons (Fsp3) is 0.286. The van der Waals surface area contributed by atoms with E-state index in [1.165, 1.54) is 0 Å². The molecule has 2 rings (SSSR count). The third-order valence-corrected chi connectivity index (χ3v) is 3.58. The Bertz CT molecular complexity index is 625. The Labute approximate surface area is 121 Å². The van der Waals surface area contributed by atoms with Crippen molar-refractivity contribution in [3.05, 3.63) is 34.9 Å². The van der Waals surface area contributed by atoms with Crippen LogP contribution in [-0.4, -0.2) is 11.6 Å². The minimum absolute atomic E-state index is 0.294. The zero-order valence-corrected chi connectivity index (χ0v) is 11.4. The third-order valence-electron chi connectivity index (χ3n) is 3.33. The smallest absolute Gasteiger partial charge is 0.249 e. The molecule has 1 amide bonds. The molecular formula is C14H11ClN4O. The molecule has 20 heavy (non-hydrogen) atoms. The number of rotatable bonds is 3. The van der Waals surface area contributed by atoms with Crippen LogP contribution in [0, 0.1) is 34.5 Å². The number of nitriles is 2. The summed E-state index contributed by atoms with van der Waals surface area (Å²) in [7, 11) is 0. The number of nitrogens with zero attached hydrogens (tertiary/aromatic N) is 3. The Morgan fingerprint density at radius 3 is 2.35 bits per heavy atom. The third kappa shape index (κ3) is 2.49. The predicted octanol–water partition coefficient (Wildman–Crippen LogP) is 2.21. The van der Waals surface area contributed by atoms with Crippen LogP contribution in [-0.2, 0) is 4.79 Å². The summed E-state index contributed by atoms with van der Waals surface area (Å²) in [6, 6.07) is 10.7. The molecule has 0 radical (unpaired) electrons. The number of halogens is 1.